The lowest BCUT2D eigenvalue weighted by Gasteiger charge is -2.09. The second-order valence-electron chi connectivity index (χ2n) is 8.00. The van der Waals surface area contributed by atoms with E-state index < -0.39 is 11.6 Å². The third kappa shape index (κ3) is 4.69. The number of aromatic hydroxyl groups is 1. The fourth-order valence-corrected chi connectivity index (χ4v) is 4.13. The molecule has 2 N–H and O–H groups in total. The van der Waals surface area contributed by atoms with Crippen molar-refractivity contribution in [1.29, 1.82) is 0 Å². The van der Waals surface area contributed by atoms with Crippen LogP contribution in [0, 0.1) is 5.82 Å². The summed E-state index contributed by atoms with van der Waals surface area (Å²) in [6.07, 6.45) is 4.19. The van der Waals surface area contributed by atoms with Crippen LogP contribution in [0.5, 0.6) is 17.2 Å². The van der Waals surface area contributed by atoms with Gasteiger partial charge in [-0.2, -0.15) is 0 Å². The summed E-state index contributed by atoms with van der Waals surface area (Å²) >= 11 is 0. The van der Waals surface area contributed by atoms with Crippen LogP contribution in [0.4, 0.5) is 4.39 Å². The van der Waals surface area contributed by atoms with Gasteiger partial charge in [0.2, 0.25) is 5.91 Å². The van der Waals surface area contributed by atoms with Crippen molar-refractivity contribution in [3.63, 3.8) is 0 Å². The molecule has 2 aromatic carbocycles. The molecule has 0 fully saturated rings. The molecular formula is C27H26FNO5. The molecular weight excluding hydrogens is 437 g/mol. The summed E-state index contributed by atoms with van der Waals surface area (Å²) < 4.78 is 29.8. The lowest BCUT2D eigenvalue weighted by atomic mass is 10.00. The minimum Gasteiger partial charge on any atom is -0.502 e. The van der Waals surface area contributed by atoms with E-state index in [0.717, 1.165) is 27.8 Å². The van der Waals surface area contributed by atoms with Crippen LogP contribution in [-0.4, -0.2) is 25.2 Å². The molecule has 0 spiro atoms. The van der Waals surface area contributed by atoms with Gasteiger partial charge in [0, 0.05) is 0 Å². The first-order valence-corrected chi connectivity index (χ1v) is 10.8. The first-order chi connectivity index (χ1) is 16.4. The molecule has 176 valence electrons. The molecule has 0 unspecified atom stereocenters. The highest BCUT2D eigenvalue weighted by Crippen LogP contribution is 2.44. The number of hydrogen-bond donors (Lipinski definition) is 2. The molecule has 0 radical (unpaired) electrons. The molecule has 0 atom stereocenters. The first kappa shape index (κ1) is 23.2. The summed E-state index contributed by atoms with van der Waals surface area (Å²) in [5, 5.41) is 12.7. The SMILES string of the molecule is COc1ccc2c(c1)C(CC(=O)NCc1ccco1)=C(C)/C2=C/Cc1cc(F)c(O)c(OC)c1. The maximum atomic E-state index is 14.1. The van der Waals surface area contributed by atoms with Gasteiger partial charge in [0.15, 0.2) is 17.3 Å². The number of carbonyl (C=O) groups is 1. The van der Waals surface area contributed by atoms with Gasteiger partial charge in [0.05, 0.1) is 33.4 Å². The highest BCUT2D eigenvalue weighted by Gasteiger charge is 2.26. The number of fused-ring (bicyclic) bond motifs is 1. The summed E-state index contributed by atoms with van der Waals surface area (Å²) in [5.74, 6) is 0.121. The van der Waals surface area contributed by atoms with Crippen molar-refractivity contribution in [3.05, 3.63) is 88.6 Å². The molecule has 0 saturated carbocycles. The number of phenols is 1. The minimum absolute atomic E-state index is 0.0890. The quantitative estimate of drug-likeness (QED) is 0.476. The van der Waals surface area contributed by atoms with Gasteiger partial charge < -0.3 is 24.3 Å². The first-order valence-electron chi connectivity index (χ1n) is 10.8. The van der Waals surface area contributed by atoms with Crippen molar-refractivity contribution in [1.82, 2.24) is 5.32 Å². The molecule has 1 aliphatic rings. The van der Waals surface area contributed by atoms with Gasteiger partial charge in [0.25, 0.3) is 0 Å². The third-order valence-electron chi connectivity index (χ3n) is 5.93. The molecule has 0 bridgehead atoms. The second kappa shape index (κ2) is 9.87. The molecule has 0 aliphatic heterocycles. The number of carbonyl (C=O) groups excluding carboxylic acids is 1. The van der Waals surface area contributed by atoms with Crippen molar-refractivity contribution in [2.75, 3.05) is 14.2 Å². The molecule has 4 rings (SSSR count). The topological polar surface area (TPSA) is 80.9 Å². The van der Waals surface area contributed by atoms with Crippen LogP contribution < -0.4 is 14.8 Å². The van der Waals surface area contributed by atoms with Crippen molar-refractivity contribution < 1.29 is 28.2 Å². The number of allylic oxidation sites excluding steroid dienone is 3. The molecule has 34 heavy (non-hydrogen) atoms. The number of nitrogens with one attached hydrogen (secondary N) is 1. The van der Waals surface area contributed by atoms with Gasteiger partial charge >= 0.3 is 0 Å². The zero-order valence-corrected chi connectivity index (χ0v) is 19.3. The maximum Gasteiger partial charge on any atom is 0.224 e. The van der Waals surface area contributed by atoms with E-state index in [2.05, 4.69) is 5.32 Å². The zero-order valence-electron chi connectivity index (χ0n) is 19.3. The van der Waals surface area contributed by atoms with Gasteiger partial charge in [-0.1, -0.05) is 12.1 Å². The Morgan fingerprint density at radius 3 is 2.68 bits per heavy atom. The number of methoxy groups -OCH3 is 2. The van der Waals surface area contributed by atoms with Crippen molar-refractivity contribution >= 4 is 17.1 Å². The van der Waals surface area contributed by atoms with Crippen LogP contribution in [0.2, 0.25) is 0 Å². The predicted molar refractivity (Wildman–Crippen MR) is 127 cm³/mol. The van der Waals surface area contributed by atoms with Crippen LogP contribution >= 0.6 is 0 Å². The van der Waals surface area contributed by atoms with E-state index in [-0.39, 0.29) is 18.1 Å². The van der Waals surface area contributed by atoms with E-state index in [1.165, 1.54) is 13.2 Å². The molecule has 0 saturated heterocycles. The normalized spacial score (nSPS) is 13.8. The Balaban J connectivity index is 1.63. The number of phenolic OH excluding ortho intramolecular Hbond substituents is 1. The number of rotatable bonds is 8. The molecule has 1 aromatic heterocycles. The molecule has 1 amide bonds. The van der Waals surface area contributed by atoms with Gasteiger partial charge in [0.1, 0.15) is 11.5 Å². The van der Waals surface area contributed by atoms with Crippen LogP contribution in [-0.2, 0) is 17.8 Å². The summed E-state index contributed by atoms with van der Waals surface area (Å²) in [5.41, 5.74) is 5.43. The molecule has 7 heteroatoms. The van der Waals surface area contributed by atoms with Crippen molar-refractivity contribution in [2.24, 2.45) is 0 Å². The van der Waals surface area contributed by atoms with Crippen molar-refractivity contribution in [3.8, 4) is 17.2 Å². The Bertz CT molecular complexity index is 1270. The lowest BCUT2D eigenvalue weighted by molar-refractivity contribution is -0.120. The average Bonchev–Trinajstić information content (AvgIpc) is 3.45. The molecule has 3 aromatic rings. The molecule has 1 heterocycles. The van der Waals surface area contributed by atoms with E-state index in [0.29, 0.717) is 30.0 Å². The van der Waals surface area contributed by atoms with E-state index in [4.69, 9.17) is 13.9 Å². The smallest absolute Gasteiger partial charge is 0.224 e. The second-order valence-corrected chi connectivity index (χ2v) is 8.00. The Morgan fingerprint density at radius 2 is 1.97 bits per heavy atom. The Morgan fingerprint density at radius 1 is 1.15 bits per heavy atom. The minimum atomic E-state index is -0.731. The summed E-state index contributed by atoms with van der Waals surface area (Å²) in [6.45, 7) is 2.30. The number of halogens is 1. The van der Waals surface area contributed by atoms with Gasteiger partial charge in [-0.3, -0.25) is 4.79 Å². The van der Waals surface area contributed by atoms with E-state index in [1.807, 2.05) is 37.3 Å². The monoisotopic (exact) mass is 463 g/mol. The van der Waals surface area contributed by atoms with Crippen LogP contribution in [0.3, 0.4) is 0 Å². The van der Waals surface area contributed by atoms with Gasteiger partial charge in [-0.25, -0.2) is 4.39 Å². The fourth-order valence-electron chi connectivity index (χ4n) is 4.13. The number of ether oxygens (including phenoxy) is 2. The molecule has 6 nitrogen and oxygen atoms in total. The van der Waals surface area contributed by atoms with E-state index in [9.17, 15) is 14.3 Å². The molecule has 1 aliphatic carbocycles. The largest absolute Gasteiger partial charge is 0.502 e. The Kier molecular flexibility index (Phi) is 6.72. The summed E-state index contributed by atoms with van der Waals surface area (Å²) in [4.78, 5) is 12.7. The zero-order chi connectivity index (χ0) is 24.2. The number of amides is 1. The maximum absolute atomic E-state index is 14.1. The Hall–Kier alpha value is -4.00. The fraction of sp³-hybridized carbons (Fsp3) is 0.222. The number of hydrogen-bond acceptors (Lipinski definition) is 5. The van der Waals surface area contributed by atoms with Crippen LogP contribution in [0.15, 0.2) is 64.8 Å². The van der Waals surface area contributed by atoms with E-state index >= 15 is 0 Å². The van der Waals surface area contributed by atoms with Crippen molar-refractivity contribution in [2.45, 2.75) is 26.3 Å². The number of benzene rings is 2. The number of furan rings is 1. The van der Waals surface area contributed by atoms with Gasteiger partial charge in [-0.05, 0) is 83.2 Å². The van der Waals surface area contributed by atoms with Crippen LogP contribution in [0.1, 0.15) is 35.8 Å². The predicted octanol–water partition coefficient (Wildman–Crippen LogP) is 5.26. The van der Waals surface area contributed by atoms with E-state index in [1.54, 1.807) is 25.5 Å². The lowest BCUT2D eigenvalue weighted by Crippen LogP contribution is -2.22. The summed E-state index contributed by atoms with van der Waals surface area (Å²) in [7, 11) is 2.99. The third-order valence-corrected chi connectivity index (χ3v) is 5.93. The highest BCUT2D eigenvalue weighted by atomic mass is 19.1. The standard InChI is InChI=1S/C27H26FNO5/c1-16-20(8-6-17-11-24(28)27(31)25(12-17)33-3)21-9-7-18(32-2)13-23(21)22(16)14-26(30)29-15-19-5-4-10-34-19/h4-5,7-13,31H,6,14-15H2,1-3H3,(H,29,30)/b20-8-. The highest BCUT2D eigenvalue weighted by molar-refractivity contribution is 6.04. The average molecular weight is 464 g/mol. The Labute approximate surface area is 197 Å². The summed E-state index contributed by atoms with van der Waals surface area (Å²) in [6, 6.07) is 12.3. The van der Waals surface area contributed by atoms with Crippen LogP contribution in [0.25, 0.3) is 11.1 Å². The van der Waals surface area contributed by atoms with Gasteiger partial charge in [-0.15, -0.1) is 0 Å².